The van der Waals surface area contributed by atoms with E-state index in [1.165, 1.54) is 6.42 Å². The molecule has 0 radical (unpaired) electrons. The minimum Gasteiger partial charge on any atom is -0.385 e. The van der Waals surface area contributed by atoms with E-state index in [1.807, 2.05) is 0 Å². The van der Waals surface area contributed by atoms with Gasteiger partial charge in [-0.05, 0) is 32.2 Å². The van der Waals surface area contributed by atoms with Gasteiger partial charge in [0, 0.05) is 26.4 Å². The Kier molecular flexibility index (Phi) is 4.16. The summed E-state index contributed by atoms with van der Waals surface area (Å²) in [5.41, 5.74) is 0.188. The summed E-state index contributed by atoms with van der Waals surface area (Å²) in [7, 11) is 3.52. The van der Waals surface area contributed by atoms with Crippen LogP contribution in [0, 0.1) is 5.92 Å². The van der Waals surface area contributed by atoms with Crippen molar-refractivity contribution in [2.75, 3.05) is 34.0 Å². The molecule has 3 nitrogen and oxygen atoms in total. The summed E-state index contributed by atoms with van der Waals surface area (Å²) in [4.78, 5) is 0. The average molecular weight is 187 g/mol. The van der Waals surface area contributed by atoms with E-state index in [2.05, 4.69) is 12.2 Å². The molecule has 1 N–H and O–H groups in total. The maximum absolute atomic E-state index is 5.19. The number of ether oxygens (including phenoxy) is 2. The van der Waals surface area contributed by atoms with E-state index in [1.54, 1.807) is 14.2 Å². The third kappa shape index (κ3) is 3.25. The SMILES string of the molecule is COCCC1CNC(C)(COC)C1. The summed E-state index contributed by atoms with van der Waals surface area (Å²) in [6.07, 6.45) is 2.35. The Morgan fingerprint density at radius 3 is 2.77 bits per heavy atom. The van der Waals surface area contributed by atoms with Crippen molar-refractivity contribution in [3.8, 4) is 0 Å². The molecule has 0 aromatic rings. The van der Waals surface area contributed by atoms with E-state index >= 15 is 0 Å². The first-order chi connectivity index (χ1) is 6.20. The molecule has 0 saturated carbocycles. The third-order valence-corrected chi connectivity index (χ3v) is 2.75. The van der Waals surface area contributed by atoms with E-state index in [0.717, 1.165) is 32.1 Å². The standard InChI is InChI=1S/C10H21NO2/c1-10(8-13-3)6-9(7-11-10)4-5-12-2/h9,11H,4-8H2,1-3H3. The Balaban J connectivity index is 2.26. The van der Waals surface area contributed by atoms with Crippen molar-refractivity contribution in [2.45, 2.75) is 25.3 Å². The maximum atomic E-state index is 5.19. The summed E-state index contributed by atoms with van der Waals surface area (Å²) in [6, 6.07) is 0. The highest BCUT2D eigenvalue weighted by Crippen LogP contribution is 2.26. The molecular formula is C10H21NO2. The lowest BCUT2D eigenvalue weighted by Crippen LogP contribution is -2.40. The summed E-state index contributed by atoms with van der Waals surface area (Å²) in [6.45, 7) is 5.00. The van der Waals surface area contributed by atoms with Gasteiger partial charge < -0.3 is 14.8 Å². The quantitative estimate of drug-likeness (QED) is 0.697. The first-order valence-electron chi connectivity index (χ1n) is 4.93. The van der Waals surface area contributed by atoms with Gasteiger partial charge in [0.15, 0.2) is 0 Å². The van der Waals surface area contributed by atoms with Crippen molar-refractivity contribution in [3.63, 3.8) is 0 Å². The van der Waals surface area contributed by atoms with Crippen molar-refractivity contribution in [3.05, 3.63) is 0 Å². The fourth-order valence-corrected chi connectivity index (χ4v) is 2.09. The molecule has 2 unspecified atom stereocenters. The fraction of sp³-hybridized carbons (Fsp3) is 1.00. The van der Waals surface area contributed by atoms with Gasteiger partial charge in [-0.25, -0.2) is 0 Å². The second-order valence-electron chi connectivity index (χ2n) is 4.23. The molecule has 3 heteroatoms. The van der Waals surface area contributed by atoms with Crippen molar-refractivity contribution in [1.29, 1.82) is 0 Å². The third-order valence-electron chi connectivity index (χ3n) is 2.75. The molecule has 0 aromatic carbocycles. The number of rotatable bonds is 5. The van der Waals surface area contributed by atoms with Crippen LogP contribution < -0.4 is 5.32 Å². The molecule has 0 spiro atoms. The van der Waals surface area contributed by atoms with Gasteiger partial charge in [-0.15, -0.1) is 0 Å². The van der Waals surface area contributed by atoms with Crippen LogP contribution in [-0.2, 0) is 9.47 Å². The zero-order valence-electron chi connectivity index (χ0n) is 8.93. The molecule has 78 valence electrons. The molecule has 1 rings (SSSR count). The largest absolute Gasteiger partial charge is 0.385 e. The number of hydrogen-bond acceptors (Lipinski definition) is 3. The molecule has 1 aliphatic heterocycles. The number of methoxy groups -OCH3 is 2. The Labute approximate surface area is 80.8 Å². The molecule has 0 aliphatic carbocycles. The fourth-order valence-electron chi connectivity index (χ4n) is 2.09. The highest BCUT2D eigenvalue weighted by atomic mass is 16.5. The zero-order valence-corrected chi connectivity index (χ0v) is 8.93. The molecule has 1 aliphatic rings. The van der Waals surface area contributed by atoms with Crippen LogP contribution in [0.5, 0.6) is 0 Å². The minimum atomic E-state index is 0.188. The molecule has 13 heavy (non-hydrogen) atoms. The molecule has 1 fully saturated rings. The van der Waals surface area contributed by atoms with Gasteiger partial charge in [0.25, 0.3) is 0 Å². The Hall–Kier alpha value is -0.120. The lowest BCUT2D eigenvalue weighted by Gasteiger charge is -2.23. The molecule has 0 bridgehead atoms. The van der Waals surface area contributed by atoms with Crippen molar-refractivity contribution >= 4 is 0 Å². The topological polar surface area (TPSA) is 30.5 Å². The summed E-state index contributed by atoms with van der Waals surface area (Å²) in [5, 5.41) is 3.51. The Morgan fingerprint density at radius 2 is 2.15 bits per heavy atom. The first kappa shape index (κ1) is 11.0. The zero-order chi connectivity index (χ0) is 9.73. The smallest absolute Gasteiger partial charge is 0.0641 e. The second kappa shape index (κ2) is 4.94. The molecular weight excluding hydrogens is 166 g/mol. The average Bonchev–Trinajstić information content (AvgIpc) is 2.45. The van der Waals surface area contributed by atoms with Gasteiger partial charge in [0.1, 0.15) is 0 Å². The molecule has 0 amide bonds. The highest BCUT2D eigenvalue weighted by Gasteiger charge is 2.33. The molecule has 0 aromatic heterocycles. The van der Waals surface area contributed by atoms with E-state index < -0.39 is 0 Å². The van der Waals surface area contributed by atoms with E-state index in [9.17, 15) is 0 Å². The van der Waals surface area contributed by atoms with Crippen molar-refractivity contribution in [1.82, 2.24) is 5.32 Å². The maximum Gasteiger partial charge on any atom is 0.0641 e. The lowest BCUT2D eigenvalue weighted by molar-refractivity contribution is 0.126. The van der Waals surface area contributed by atoms with Crippen molar-refractivity contribution in [2.24, 2.45) is 5.92 Å². The van der Waals surface area contributed by atoms with Crippen LogP contribution in [0.15, 0.2) is 0 Å². The predicted octanol–water partition coefficient (Wildman–Crippen LogP) is 1.04. The van der Waals surface area contributed by atoms with Gasteiger partial charge in [-0.2, -0.15) is 0 Å². The highest BCUT2D eigenvalue weighted by molar-refractivity contribution is 4.92. The van der Waals surface area contributed by atoms with Gasteiger partial charge >= 0.3 is 0 Å². The summed E-state index contributed by atoms with van der Waals surface area (Å²) >= 11 is 0. The van der Waals surface area contributed by atoms with Gasteiger partial charge in [-0.3, -0.25) is 0 Å². The molecule has 2 atom stereocenters. The predicted molar refractivity (Wildman–Crippen MR) is 52.9 cm³/mol. The van der Waals surface area contributed by atoms with Crippen LogP contribution in [-0.4, -0.2) is 39.5 Å². The minimum absolute atomic E-state index is 0.188. The molecule has 1 heterocycles. The van der Waals surface area contributed by atoms with Gasteiger partial charge in [-0.1, -0.05) is 0 Å². The monoisotopic (exact) mass is 187 g/mol. The summed E-state index contributed by atoms with van der Waals surface area (Å²) in [5.74, 6) is 0.750. The van der Waals surface area contributed by atoms with E-state index in [0.29, 0.717) is 0 Å². The second-order valence-corrected chi connectivity index (χ2v) is 4.23. The van der Waals surface area contributed by atoms with Gasteiger partial charge in [0.05, 0.1) is 6.61 Å². The Bertz CT molecular complexity index is 152. The van der Waals surface area contributed by atoms with Crippen LogP contribution in [0.2, 0.25) is 0 Å². The van der Waals surface area contributed by atoms with Crippen LogP contribution in [0.1, 0.15) is 19.8 Å². The van der Waals surface area contributed by atoms with Crippen LogP contribution in [0.4, 0.5) is 0 Å². The van der Waals surface area contributed by atoms with E-state index in [-0.39, 0.29) is 5.54 Å². The van der Waals surface area contributed by atoms with E-state index in [4.69, 9.17) is 9.47 Å². The number of nitrogens with one attached hydrogen (secondary N) is 1. The first-order valence-corrected chi connectivity index (χ1v) is 4.93. The lowest BCUT2D eigenvalue weighted by atomic mass is 9.94. The van der Waals surface area contributed by atoms with Gasteiger partial charge in [0.2, 0.25) is 0 Å². The van der Waals surface area contributed by atoms with Crippen LogP contribution in [0.25, 0.3) is 0 Å². The van der Waals surface area contributed by atoms with Crippen molar-refractivity contribution < 1.29 is 9.47 Å². The normalized spacial score (nSPS) is 33.9. The van der Waals surface area contributed by atoms with Crippen LogP contribution >= 0.6 is 0 Å². The van der Waals surface area contributed by atoms with Crippen LogP contribution in [0.3, 0.4) is 0 Å². The molecule has 1 saturated heterocycles. The Morgan fingerprint density at radius 1 is 1.38 bits per heavy atom. The number of hydrogen-bond donors (Lipinski definition) is 1. The summed E-state index contributed by atoms with van der Waals surface area (Å²) < 4.78 is 10.3.